The molecule has 26 heavy (non-hydrogen) atoms. The van der Waals surface area contributed by atoms with Crippen molar-refractivity contribution in [1.29, 1.82) is 0 Å². The molecule has 0 aliphatic carbocycles. The first-order valence-electron chi connectivity index (χ1n) is 8.50. The first-order valence-corrected chi connectivity index (χ1v) is 10.5. The summed E-state index contributed by atoms with van der Waals surface area (Å²) in [5.74, 6) is 0.200. The van der Waals surface area contributed by atoms with Crippen LogP contribution >= 0.6 is 23.1 Å². The molecule has 0 unspecified atom stereocenters. The molecular formula is C18H22N4O2S2. The Morgan fingerprint density at radius 2 is 2.04 bits per heavy atom. The highest BCUT2D eigenvalue weighted by Gasteiger charge is 2.19. The summed E-state index contributed by atoms with van der Waals surface area (Å²) in [6.07, 6.45) is 6.01. The first-order chi connectivity index (χ1) is 12.6. The Labute approximate surface area is 161 Å². The number of carbonyl (C=O) groups excluding carboxylic acids is 2. The molecule has 1 fully saturated rings. The maximum absolute atomic E-state index is 12.6. The fourth-order valence-electron chi connectivity index (χ4n) is 2.93. The fourth-order valence-corrected chi connectivity index (χ4v) is 4.50. The van der Waals surface area contributed by atoms with E-state index in [0.29, 0.717) is 22.3 Å². The monoisotopic (exact) mass is 390 g/mol. The van der Waals surface area contributed by atoms with Gasteiger partial charge in [-0.2, -0.15) is 0 Å². The minimum Gasteiger partial charge on any atom is -0.325 e. The van der Waals surface area contributed by atoms with Crippen LogP contribution in [0.4, 0.5) is 10.8 Å². The topological polar surface area (TPSA) is 83.1 Å². The van der Waals surface area contributed by atoms with Gasteiger partial charge in [-0.05, 0) is 56.3 Å². The predicted molar refractivity (Wildman–Crippen MR) is 107 cm³/mol. The zero-order valence-electron chi connectivity index (χ0n) is 14.8. The number of piperidine rings is 1. The van der Waals surface area contributed by atoms with Gasteiger partial charge in [-0.25, -0.2) is 4.98 Å². The van der Waals surface area contributed by atoms with Crippen LogP contribution in [0.25, 0.3) is 0 Å². The average molecular weight is 391 g/mol. The normalized spacial score (nSPS) is 14.8. The minimum absolute atomic E-state index is 0.134. The maximum Gasteiger partial charge on any atom is 0.257 e. The number of nitrogens with one attached hydrogen (secondary N) is 3. The van der Waals surface area contributed by atoms with Crippen LogP contribution in [0.2, 0.25) is 0 Å². The zero-order chi connectivity index (χ0) is 18.5. The van der Waals surface area contributed by atoms with Crippen LogP contribution in [-0.2, 0) is 4.79 Å². The quantitative estimate of drug-likeness (QED) is 0.680. The first kappa shape index (κ1) is 18.9. The predicted octanol–water partition coefficient (Wildman–Crippen LogP) is 3.54. The van der Waals surface area contributed by atoms with Gasteiger partial charge in [-0.3, -0.25) is 14.9 Å². The molecule has 3 rings (SSSR count). The minimum atomic E-state index is -0.194. The van der Waals surface area contributed by atoms with Crippen molar-refractivity contribution in [2.24, 2.45) is 0 Å². The SMILES string of the molecule is CSc1cc(C(=O)Nc2ncc(C3CCNCC3)s2)ccc1NC(C)=O. The van der Waals surface area contributed by atoms with E-state index in [2.05, 4.69) is 20.9 Å². The molecule has 2 aromatic rings. The molecule has 3 N–H and O–H groups in total. The number of carbonyl (C=O) groups is 2. The van der Waals surface area contributed by atoms with E-state index in [-0.39, 0.29) is 11.8 Å². The van der Waals surface area contributed by atoms with Crippen LogP contribution in [0, 0.1) is 0 Å². The van der Waals surface area contributed by atoms with Gasteiger partial charge in [0.2, 0.25) is 5.91 Å². The van der Waals surface area contributed by atoms with E-state index < -0.39 is 0 Å². The van der Waals surface area contributed by atoms with E-state index in [4.69, 9.17) is 0 Å². The van der Waals surface area contributed by atoms with Gasteiger partial charge in [-0.15, -0.1) is 23.1 Å². The van der Waals surface area contributed by atoms with Gasteiger partial charge in [0.05, 0.1) is 5.69 Å². The number of anilines is 2. The largest absolute Gasteiger partial charge is 0.325 e. The van der Waals surface area contributed by atoms with Crippen molar-refractivity contribution in [3.63, 3.8) is 0 Å². The van der Waals surface area contributed by atoms with Crippen LogP contribution < -0.4 is 16.0 Å². The van der Waals surface area contributed by atoms with E-state index in [1.807, 2.05) is 12.5 Å². The van der Waals surface area contributed by atoms with Gasteiger partial charge in [0, 0.05) is 28.5 Å². The van der Waals surface area contributed by atoms with Gasteiger partial charge in [0.1, 0.15) is 0 Å². The average Bonchev–Trinajstić information content (AvgIpc) is 3.10. The summed E-state index contributed by atoms with van der Waals surface area (Å²) in [6.45, 7) is 3.53. The van der Waals surface area contributed by atoms with Gasteiger partial charge in [0.25, 0.3) is 5.91 Å². The van der Waals surface area contributed by atoms with Crippen molar-refractivity contribution in [3.8, 4) is 0 Å². The third-order valence-electron chi connectivity index (χ3n) is 4.26. The van der Waals surface area contributed by atoms with Crippen LogP contribution in [-0.4, -0.2) is 36.1 Å². The molecule has 2 heterocycles. The summed E-state index contributed by atoms with van der Waals surface area (Å²) in [5, 5.41) is 9.64. The van der Waals surface area contributed by atoms with Crippen molar-refractivity contribution in [1.82, 2.24) is 10.3 Å². The molecule has 0 bridgehead atoms. The molecule has 1 aliphatic rings. The molecule has 1 aromatic carbocycles. The van der Waals surface area contributed by atoms with Crippen molar-refractivity contribution in [3.05, 3.63) is 34.8 Å². The maximum atomic E-state index is 12.6. The Bertz CT molecular complexity index is 800. The van der Waals surface area contributed by atoms with Gasteiger partial charge in [0.15, 0.2) is 5.13 Å². The van der Waals surface area contributed by atoms with E-state index in [1.165, 1.54) is 23.6 Å². The second-order valence-electron chi connectivity index (χ2n) is 6.14. The number of benzene rings is 1. The van der Waals surface area contributed by atoms with Gasteiger partial charge < -0.3 is 10.6 Å². The lowest BCUT2D eigenvalue weighted by atomic mass is 9.97. The zero-order valence-corrected chi connectivity index (χ0v) is 16.4. The Morgan fingerprint density at radius 1 is 1.27 bits per heavy atom. The lowest BCUT2D eigenvalue weighted by Crippen LogP contribution is -2.26. The summed E-state index contributed by atoms with van der Waals surface area (Å²) >= 11 is 3.04. The molecule has 138 valence electrons. The summed E-state index contributed by atoms with van der Waals surface area (Å²) in [7, 11) is 0. The molecule has 1 aliphatic heterocycles. The number of aromatic nitrogens is 1. The molecule has 0 saturated carbocycles. The van der Waals surface area contributed by atoms with E-state index in [0.717, 1.165) is 30.8 Å². The van der Waals surface area contributed by atoms with E-state index >= 15 is 0 Å². The number of nitrogens with zero attached hydrogens (tertiary/aromatic N) is 1. The Balaban J connectivity index is 1.69. The number of thioether (sulfide) groups is 1. The molecule has 8 heteroatoms. The third-order valence-corrected chi connectivity index (χ3v) is 6.11. The van der Waals surface area contributed by atoms with Gasteiger partial charge in [-0.1, -0.05) is 0 Å². The Hall–Kier alpha value is -1.90. The number of rotatable bonds is 5. The Kier molecular flexibility index (Phi) is 6.29. The number of amides is 2. The number of hydrogen-bond acceptors (Lipinski definition) is 6. The molecule has 1 aromatic heterocycles. The van der Waals surface area contributed by atoms with E-state index in [9.17, 15) is 9.59 Å². The van der Waals surface area contributed by atoms with Gasteiger partial charge >= 0.3 is 0 Å². The molecule has 0 spiro atoms. The fraction of sp³-hybridized carbons (Fsp3) is 0.389. The van der Waals surface area contributed by atoms with Crippen molar-refractivity contribution in [2.75, 3.05) is 30.0 Å². The van der Waals surface area contributed by atoms with Crippen molar-refractivity contribution >= 4 is 45.7 Å². The van der Waals surface area contributed by atoms with Crippen LogP contribution in [0.5, 0.6) is 0 Å². The number of hydrogen-bond donors (Lipinski definition) is 3. The summed E-state index contributed by atoms with van der Waals surface area (Å²) in [5.41, 5.74) is 1.26. The standard InChI is InChI=1S/C18H22N4O2S2/c1-11(23)21-14-4-3-13(9-15(14)25-2)17(24)22-18-20-10-16(26-18)12-5-7-19-8-6-12/h3-4,9-10,12,19H,5-8H2,1-2H3,(H,21,23)(H,20,22,24). The number of thiazole rings is 1. The highest BCUT2D eigenvalue weighted by atomic mass is 32.2. The lowest BCUT2D eigenvalue weighted by Gasteiger charge is -2.20. The van der Waals surface area contributed by atoms with Crippen molar-refractivity contribution in [2.45, 2.75) is 30.6 Å². The highest BCUT2D eigenvalue weighted by Crippen LogP contribution is 2.32. The molecule has 6 nitrogen and oxygen atoms in total. The van der Waals surface area contributed by atoms with Crippen LogP contribution in [0.1, 0.15) is 40.9 Å². The third kappa shape index (κ3) is 4.63. The molecular weight excluding hydrogens is 368 g/mol. The van der Waals surface area contributed by atoms with Crippen LogP contribution in [0.15, 0.2) is 29.3 Å². The van der Waals surface area contributed by atoms with Crippen molar-refractivity contribution < 1.29 is 9.59 Å². The summed E-state index contributed by atoms with van der Waals surface area (Å²) < 4.78 is 0. The summed E-state index contributed by atoms with van der Waals surface area (Å²) in [6, 6.07) is 5.25. The molecule has 0 atom stereocenters. The second kappa shape index (κ2) is 8.66. The molecule has 0 radical (unpaired) electrons. The summed E-state index contributed by atoms with van der Waals surface area (Å²) in [4.78, 5) is 30.3. The molecule has 1 saturated heterocycles. The highest BCUT2D eigenvalue weighted by molar-refractivity contribution is 7.98. The second-order valence-corrected chi connectivity index (χ2v) is 8.05. The smallest absolute Gasteiger partial charge is 0.257 e. The molecule has 2 amide bonds. The van der Waals surface area contributed by atoms with E-state index in [1.54, 1.807) is 29.5 Å². The van der Waals surface area contributed by atoms with Crippen LogP contribution in [0.3, 0.4) is 0 Å². The lowest BCUT2D eigenvalue weighted by molar-refractivity contribution is -0.114. The Morgan fingerprint density at radius 3 is 2.73 bits per heavy atom.